The molecule has 1 aromatic carbocycles. The molecule has 0 aromatic heterocycles. The third-order valence-electron chi connectivity index (χ3n) is 4.49. The lowest BCUT2D eigenvalue weighted by Crippen LogP contribution is -2.41. The second-order valence-electron chi connectivity index (χ2n) is 7.68. The van der Waals surface area contributed by atoms with E-state index in [1.807, 2.05) is 26.8 Å². The maximum atomic E-state index is 13.6. The van der Waals surface area contributed by atoms with Crippen molar-refractivity contribution in [2.24, 2.45) is 0 Å². The molecule has 25 heavy (non-hydrogen) atoms. The third kappa shape index (κ3) is 5.99. The fourth-order valence-corrected chi connectivity index (χ4v) is 3.30. The molecule has 0 atom stereocenters. The van der Waals surface area contributed by atoms with Crippen molar-refractivity contribution in [1.29, 1.82) is 0 Å². The van der Waals surface area contributed by atoms with Crippen LogP contribution in [0.3, 0.4) is 0 Å². The number of benzene rings is 1. The lowest BCUT2D eigenvalue weighted by molar-refractivity contribution is 0.0204. The quantitative estimate of drug-likeness (QED) is 0.732. The summed E-state index contributed by atoms with van der Waals surface area (Å²) in [7, 11) is 1.68. The van der Waals surface area contributed by atoms with Gasteiger partial charge in [0, 0.05) is 26.8 Å². The van der Waals surface area contributed by atoms with E-state index in [0.717, 1.165) is 31.2 Å². The van der Waals surface area contributed by atoms with Crippen molar-refractivity contribution in [3.8, 4) is 0 Å². The molecular formula is C20H30FNO3. The molecule has 1 aliphatic heterocycles. The van der Waals surface area contributed by atoms with Crippen LogP contribution in [0.15, 0.2) is 18.2 Å². The van der Waals surface area contributed by atoms with Crippen LogP contribution in [0.25, 0.3) is 0 Å². The molecular weight excluding hydrogens is 321 g/mol. The predicted molar refractivity (Wildman–Crippen MR) is 96.4 cm³/mol. The molecule has 0 spiro atoms. The Bertz CT molecular complexity index is 575. The number of ether oxygens (including phenoxy) is 2. The highest BCUT2D eigenvalue weighted by molar-refractivity contribution is 5.68. The first kappa shape index (κ1) is 19.7. The number of methoxy groups -OCH3 is 1. The Kier molecular flexibility index (Phi) is 6.82. The molecule has 1 heterocycles. The molecule has 0 N–H and O–H groups in total. The molecule has 4 nitrogen and oxygen atoms in total. The summed E-state index contributed by atoms with van der Waals surface area (Å²) in [4.78, 5) is 14.0. The Morgan fingerprint density at radius 1 is 1.28 bits per heavy atom. The Hall–Kier alpha value is -1.62. The molecule has 1 amide bonds. The van der Waals surface area contributed by atoms with Gasteiger partial charge in [0.1, 0.15) is 11.4 Å². The molecule has 0 radical (unpaired) electrons. The number of amides is 1. The molecule has 1 saturated heterocycles. The summed E-state index contributed by atoms with van der Waals surface area (Å²) in [6.45, 7) is 7.66. The number of rotatable bonds is 5. The molecule has 1 aliphatic rings. The van der Waals surface area contributed by atoms with Crippen molar-refractivity contribution >= 4 is 6.09 Å². The molecule has 0 saturated carbocycles. The predicted octanol–water partition coefficient (Wildman–Crippen LogP) is 4.52. The number of piperidine rings is 1. The van der Waals surface area contributed by atoms with Crippen molar-refractivity contribution in [3.63, 3.8) is 0 Å². The summed E-state index contributed by atoms with van der Waals surface area (Å²) in [5.41, 5.74) is 1.80. The van der Waals surface area contributed by atoms with Crippen LogP contribution in [0.4, 0.5) is 9.18 Å². The fourth-order valence-electron chi connectivity index (χ4n) is 3.30. The van der Waals surface area contributed by atoms with Crippen molar-refractivity contribution in [3.05, 3.63) is 35.1 Å². The van der Waals surface area contributed by atoms with Crippen molar-refractivity contribution in [1.82, 2.24) is 4.90 Å². The van der Waals surface area contributed by atoms with Gasteiger partial charge in [0.2, 0.25) is 0 Å². The van der Waals surface area contributed by atoms with Crippen molar-refractivity contribution in [2.45, 2.75) is 58.0 Å². The fraction of sp³-hybridized carbons (Fsp3) is 0.650. The average molecular weight is 351 g/mol. The number of hydrogen-bond donors (Lipinski definition) is 0. The maximum absolute atomic E-state index is 13.6. The first-order valence-electron chi connectivity index (χ1n) is 9.05. The van der Waals surface area contributed by atoms with Gasteiger partial charge in [0.25, 0.3) is 0 Å². The van der Waals surface area contributed by atoms with Gasteiger partial charge in [0.15, 0.2) is 0 Å². The first-order chi connectivity index (χ1) is 11.8. The molecule has 1 aromatic rings. The number of carbonyl (C=O) groups excluding carboxylic acids is 1. The standard InChI is InChI=1S/C20H30FNO3/c1-20(2,3)25-19(23)22-11-9-15(10-12-22)18-8-7-17(21)14-16(18)6-5-13-24-4/h7-8,14-15H,5-6,9-13H2,1-4H3. The van der Waals surface area contributed by atoms with E-state index in [-0.39, 0.29) is 11.9 Å². The molecule has 5 heteroatoms. The average Bonchev–Trinajstić information content (AvgIpc) is 2.54. The van der Waals surface area contributed by atoms with Crippen LogP contribution in [0.2, 0.25) is 0 Å². The Balaban J connectivity index is 1.99. The van der Waals surface area contributed by atoms with E-state index < -0.39 is 5.60 Å². The lowest BCUT2D eigenvalue weighted by Gasteiger charge is -2.34. The summed E-state index contributed by atoms with van der Waals surface area (Å²) < 4.78 is 24.2. The summed E-state index contributed by atoms with van der Waals surface area (Å²) in [5, 5.41) is 0. The maximum Gasteiger partial charge on any atom is 0.410 e. The van der Waals surface area contributed by atoms with Crippen molar-refractivity contribution < 1.29 is 18.7 Å². The number of carbonyl (C=O) groups is 1. The van der Waals surface area contributed by atoms with Crippen LogP contribution in [0.1, 0.15) is 57.1 Å². The summed E-state index contributed by atoms with van der Waals surface area (Å²) in [6.07, 6.45) is 3.20. The minimum Gasteiger partial charge on any atom is -0.444 e. The van der Waals surface area contributed by atoms with Crippen LogP contribution in [0, 0.1) is 5.82 Å². The van der Waals surface area contributed by atoms with Crippen LogP contribution < -0.4 is 0 Å². The zero-order valence-corrected chi connectivity index (χ0v) is 15.8. The Morgan fingerprint density at radius 3 is 2.56 bits per heavy atom. The van der Waals surface area contributed by atoms with Gasteiger partial charge in [-0.15, -0.1) is 0 Å². The minimum atomic E-state index is -0.473. The summed E-state index contributed by atoms with van der Waals surface area (Å²) in [5.74, 6) is 0.166. The van der Waals surface area contributed by atoms with Gasteiger partial charge >= 0.3 is 6.09 Å². The number of aryl methyl sites for hydroxylation is 1. The summed E-state index contributed by atoms with van der Waals surface area (Å²) in [6, 6.07) is 5.09. The molecule has 2 rings (SSSR count). The van der Waals surface area contributed by atoms with Gasteiger partial charge in [-0.1, -0.05) is 6.07 Å². The highest BCUT2D eigenvalue weighted by Gasteiger charge is 2.28. The Morgan fingerprint density at radius 2 is 1.96 bits per heavy atom. The number of hydrogen-bond acceptors (Lipinski definition) is 3. The van der Waals surface area contributed by atoms with Crippen LogP contribution in [-0.2, 0) is 15.9 Å². The van der Waals surface area contributed by atoms with E-state index in [0.29, 0.717) is 25.6 Å². The minimum absolute atomic E-state index is 0.192. The topological polar surface area (TPSA) is 38.8 Å². The van der Waals surface area contributed by atoms with Crippen LogP contribution in [0.5, 0.6) is 0 Å². The van der Waals surface area contributed by atoms with Gasteiger partial charge in [0.05, 0.1) is 0 Å². The zero-order valence-electron chi connectivity index (χ0n) is 15.8. The van der Waals surface area contributed by atoms with Gasteiger partial charge in [-0.2, -0.15) is 0 Å². The van der Waals surface area contributed by atoms with E-state index in [2.05, 4.69) is 0 Å². The van der Waals surface area contributed by atoms with E-state index in [4.69, 9.17) is 9.47 Å². The smallest absolute Gasteiger partial charge is 0.410 e. The largest absolute Gasteiger partial charge is 0.444 e. The van der Waals surface area contributed by atoms with E-state index >= 15 is 0 Å². The van der Waals surface area contributed by atoms with E-state index in [1.165, 1.54) is 11.6 Å². The van der Waals surface area contributed by atoms with E-state index in [1.54, 1.807) is 18.1 Å². The molecule has 0 aliphatic carbocycles. The molecule has 1 fully saturated rings. The SMILES string of the molecule is COCCCc1cc(F)ccc1C1CCN(C(=O)OC(C)(C)C)CC1. The van der Waals surface area contributed by atoms with Gasteiger partial charge < -0.3 is 14.4 Å². The lowest BCUT2D eigenvalue weighted by atomic mass is 9.85. The second kappa shape index (κ2) is 8.65. The number of nitrogens with zero attached hydrogens (tertiary/aromatic N) is 1. The highest BCUT2D eigenvalue weighted by atomic mass is 19.1. The third-order valence-corrected chi connectivity index (χ3v) is 4.49. The second-order valence-corrected chi connectivity index (χ2v) is 7.68. The zero-order chi connectivity index (χ0) is 18.4. The van der Waals surface area contributed by atoms with Gasteiger partial charge in [-0.25, -0.2) is 9.18 Å². The van der Waals surface area contributed by atoms with Gasteiger partial charge in [-0.3, -0.25) is 0 Å². The number of likely N-dealkylation sites (tertiary alicyclic amines) is 1. The molecule has 0 unspecified atom stereocenters. The van der Waals surface area contributed by atoms with E-state index in [9.17, 15) is 9.18 Å². The van der Waals surface area contributed by atoms with Crippen LogP contribution in [-0.4, -0.2) is 43.4 Å². The Labute approximate surface area is 150 Å². The monoisotopic (exact) mass is 351 g/mol. The molecule has 140 valence electrons. The van der Waals surface area contributed by atoms with Crippen molar-refractivity contribution in [2.75, 3.05) is 26.8 Å². The normalized spacial score (nSPS) is 16.1. The first-order valence-corrected chi connectivity index (χ1v) is 9.05. The number of halogens is 1. The van der Waals surface area contributed by atoms with Crippen LogP contribution >= 0.6 is 0 Å². The molecule has 0 bridgehead atoms. The summed E-state index contributed by atoms with van der Waals surface area (Å²) >= 11 is 0. The highest BCUT2D eigenvalue weighted by Crippen LogP contribution is 2.32. The van der Waals surface area contributed by atoms with Gasteiger partial charge in [-0.05, 0) is 75.6 Å².